The molecule has 0 amide bonds. The van der Waals surface area contributed by atoms with Crippen molar-refractivity contribution in [2.45, 2.75) is 46.0 Å². The minimum absolute atomic E-state index is 0.137. The molecule has 2 heteroatoms. The number of allylic oxidation sites excluding steroid dienone is 1. The number of rotatable bonds is 4. The van der Waals surface area contributed by atoms with E-state index in [1.54, 1.807) is 0 Å². The van der Waals surface area contributed by atoms with Gasteiger partial charge in [-0.1, -0.05) is 73.5 Å². The van der Waals surface area contributed by atoms with Crippen molar-refractivity contribution in [3.63, 3.8) is 0 Å². The molecule has 0 N–H and O–H groups in total. The van der Waals surface area contributed by atoms with Gasteiger partial charge in [-0.3, -0.25) is 4.79 Å². The number of aryl methyl sites for hydroxylation is 2. The van der Waals surface area contributed by atoms with E-state index in [1.165, 1.54) is 11.1 Å². The van der Waals surface area contributed by atoms with Gasteiger partial charge in [0.25, 0.3) is 0 Å². The fraction of sp³-hybridized carbons (Fsp3) is 0.318. The first-order chi connectivity index (χ1) is 11.5. The molecular weight excluding hydrogens is 296 g/mol. The Morgan fingerprint density at radius 1 is 0.917 bits per heavy atom. The van der Waals surface area contributed by atoms with Gasteiger partial charge in [-0.15, -0.1) is 0 Å². The number of cyclic esters (lactones) is 1. The molecule has 2 nitrogen and oxygen atoms in total. The number of ether oxygens (including phenoxy) is 1. The fourth-order valence-electron chi connectivity index (χ4n) is 3.48. The zero-order valence-corrected chi connectivity index (χ0v) is 14.8. The van der Waals surface area contributed by atoms with Crippen LogP contribution in [0.2, 0.25) is 0 Å². The SMILES string of the molecule is CC/C(=C1/OC(=O)[C@@]1(CC)c1ccc(C)cc1)c1ccc(C)cc1. The lowest BCUT2D eigenvalue weighted by Crippen LogP contribution is -2.50. The van der Waals surface area contributed by atoms with Crippen LogP contribution in [0.25, 0.3) is 5.57 Å². The number of carbonyl (C=O) groups excluding carboxylic acids is 1. The van der Waals surface area contributed by atoms with Crippen LogP contribution < -0.4 is 0 Å². The smallest absolute Gasteiger partial charge is 0.329 e. The molecule has 24 heavy (non-hydrogen) atoms. The van der Waals surface area contributed by atoms with Crippen molar-refractivity contribution in [2.75, 3.05) is 0 Å². The van der Waals surface area contributed by atoms with Crippen LogP contribution in [0.1, 0.15) is 48.9 Å². The van der Waals surface area contributed by atoms with E-state index in [9.17, 15) is 4.79 Å². The molecule has 0 unspecified atom stereocenters. The summed E-state index contributed by atoms with van der Waals surface area (Å²) in [4.78, 5) is 12.5. The van der Waals surface area contributed by atoms with Gasteiger partial charge in [0.15, 0.2) is 5.41 Å². The summed E-state index contributed by atoms with van der Waals surface area (Å²) in [6.45, 7) is 8.31. The first kappa shape index (κ1) is 16.5. The lowest BCUT2D eigenvalue weighted by Gasteiger charge is -2.42. The molecular formula is C22H24O2. The maximum Gasteiger partial charge on any atom is 0.329 e. The van der Waals surface area contributed by atoms with Crippen molar-refractivity contribution < 1.29 is 9.53 Å². The lowest BCUT2D eigenvalue weighted by atomic mass is 9.70. The summed E-state index contributed by atoms with van der Waals surface area (Å²) in [5, 5.41) is 0. The molecule has 2 aromatic carbocycles. The molecule has 0 aliphatic carbocycles. The van der Waals surface area contributed by atoms with E-state index in [4.69, 9.17) is 4.74 Å². The van der Waals surface area contributed by atoms with Crippen molar-refractivity contribution in [1.82, 2.24) is 0 Å². The summed E-state index contributed by atoms with van der Waals surface area (Å²) in [6.07, 6.45) is 1.54. The molecule has 3 rings (SSSR count). The Morgan fingerprint density at radius 3 is 1.92 bits per heavy atom. The van der Waals surface area contributed by atoms with E-state index < -0.39 is 5.41 Å². The van der Waals surface area contributed by atoms with E-state index in [2.05, 4.69) is 76.2 Å². The zero-order chi connectivity index (χ0) is 17.3. The highest BCUT2D eigenvalue weighted by Gasteiger charge is 2.55. The molecule has 1 atom stereocenters. The monoisotopic (exact) mass is 320 g/mol. The summed E-state index contributed by atoms with van der Waals surface area (Å²) in [5.41, 5.74) is 5.07. The highest BCUT2D eigenvalue weighted by atomic mass is 16.6. The molecule has 1 heterocycles. The molecule has 1 aliphatic heterocycles. The predicted octanol–water partition coefficient (Wildman–Crippen LogP) is 5.33. The van der Waals surface area contributed by atoms with Crippen LogP contribution in [-0.2, 0) is 14.9 Å². The van der Waals surface area contributed by atoms with Gasteiger partial charge in [0, 0.05) is 0 Å². The van der Waals surface area contributed by atoms with Gasteiger partial charge in [0.2, 0.25) is 0 Å². The van der Waals surface area contributed by atoms with E-state index in [0.29, 0.717) is 6.42 Å². The lowest BCUT2D eigenvalue weighted by molar-refractivity contribution is -0.160. The Balaban J connectivity index is 2.16. The molecule has 0 radical (unpaired) electrons. The average molecular weight is 320 g/mol. The van der Waals surface area contributed by atoms with Crippen LogP contribution in [0.4, 0.5) is 0 Å². The molecule has 0 saturated carbocycles. The molecule has 1 saturated heterocycles. The van der Waals surface area contributed by atoms with E-state index in [0.717, 1.165) is 28.9 Å². The Labute approximate surface area is 144 Å². The number of hydrogen-bond acceptors (Lipinski definition) is 2. The van der Waals surface area contributed by atoms with Gasteiger partial charge in [-0.05, 0) is 43.4 Å². The average Bonchev–Trinajstić information content (AvgIpc) is 2.59. The number of carbonyl (C=O) groups is 1. The fourth-order valence-corrected chi connectivity index (χ4v) is 3.48. The highest BCUT2D eigenvalue weighted by molar-refractivity contribution is 5.98. The second kappa shape index (κ2) is 6.27. The highest BCUT2D eigenvalue weighted by Crippen LogP contribution is 2.49. The maximum atomic E-state index is 12.5. The Bertz CT molecular complexity index is 782. The van der Waals surface area contributed by atoms with Crippen LogP contribution in [0.3, 0.4) is 0 Å². The summed E-state index contributed by atoms with van der Waals surface area (Å²) in [5.74, 6) is 0.687. The van der Waals surface area contributed by atoms with Crippen LogP contribution >= 0.6 is 0 Å². The van der Waals surface area contributed by atoms with Gasteiger partial charge >= 0.3 is 5.97 Å². The van der Waals surface area contributed by atoms with Crippen molar-refractivity contribution in [2.24, 2.45) is 0 Å². The quantitative estimate of drug-likeness (QED) is 0.712. The normalized spacial score (nSPS) is 21.9. The topological polar surface area (TPSA) is 26.3 Å². The third-order valence-electron chi connectivity index (χ3n) is 5.03. The minimum atomic E-state index is -0.635. The standard InChI is InChI=1S/C22H24O2/c1-5-19(17-11-7-15(3)8-12-17)20-22(6-2,21(23)24-20)18-13-9-16(4)10-14-18/h7-14H,5-6H2,1-4H3/b20-19-/t22-/m0/s1. The minimum Gasteiger partial charge on any atom is -0.428 e. The van der Waals surface area contributed by atoms with E-state index in [1.807, 2.05) is 0 Å². The third kappa shape index (κ3) is 2.47. The largest absolute Gasteiger partial charge is 0.428 e. The summed E-state index contributed by atoms with van der Waals surface area (Å²) in [7, 11) is 0. The van der Waals surface area contributed by atoms with Gasteiger partial charge in [0.05, 0.1) is 0 Å². The second-order valence-corrected chi connectivity index (χ2v) is 6.54. The molecule has 1 fully saturated rings. The number of hydrogen-bond donors (Lipinski definition) is 0. The van der Waals surface area contributed by atoms with Crippen molar-refractivity contribution in [1.29, 1.82) is 0 Å². The van der Waals surface area contributed by atoms with Gasteiger partial charge in [0.1, 0.15) is 5.76 Å². The Morgan fingerprint density at radius 2 is 1.46 bits per heavy atom. The number of esters is 1. The molecule has 0 spiro atoms. The molecule has 0 aromatic heterocycles. The van der Waals surface area contributed by atoms with Crippen molar-refractivity contribution >= 4 is 11.5 Å². The van der Waals surface area contributed by atoms with E-state index >= 15 is 0 Å². The maximum absolute atomic E-state index is 12.5. The zero-order valence-electron chi connectivity index (χ0n) is 14.8. The van der Waals surface area contributed by atoms with Crippen LogP contribution in [0.5, 0.6) is 0 Å². The van der Waals surface area contributed by atoms with Crippen LogP contribution in [0.15, 0.2) is 54.3 Å². The number of benzene rings is 2. The predicted molar refractivity (Wildman–Crippen MR) is 97.6 cm³/mol. The van der Waals surface area contributed by atoms with E-state index in [-0.39, 0.29) is 5.97 Å². The van der Waals surface area contributed by atoms with Gasteiger partial charge in [-0.25, -0.2) is 0 Å². The summed E-state index contributed by atoms with van der Waals surface area (Å²) >= 11 is 0. The molecule has 0 bridgehead atoms. The third-order valence-corrected chi connectivity index (χ3v) is 5.03. The second-order valence-electron chi connectivity index (χ2n) is 6.54. The Kier molecular flexibility index (Phi) is 4.31. The molecule has 2 aromatic rings. The molecule has 124 valence electrons. The van der Waals surface area contributed by atoms with Gasteiger partial charge < -0.3 is 4.74 Å². The van der Waals surface area contributed by atoms with Crippen molar-refractivity contribution in [3.05, 3.63) is 76.5 Å². The Hall–Kier alpha value is -2.35. The first-order valence-electron chi connectivity index (χ1n) is 8.63. The van der Waals surface area contributed by atoms with Gasteiger partial charge in [-0.2, -0.15) is 0 Å². The van der Waals surface area contributed by atoms with Crippen molar-refractivity contribution in [3.8, 4) is 0 Å². The van der Waals surface area contributed by atoms with Crippen LogP contribution in [-0.4, -0.2) is 5.97 Å². The summed E-state index contributed by atoms with van der Waals surface area (Å²) in [6, 6.07) is 16.7. The molecule has 1 aliphatic rings. The summed E-state index contributed by atoms with van der Waals surface area (Å²) < 4.78 is 5.61. The van der Waals surface area contributed by atoms with Crippen LogP contribution in [0, 0.1) is 13.8 Å². The first-order valence-corrected chi connectivity index (χ1v) is 8.63.